The number of nitrogens with one attached hydrogen (secondary N) is 1. The van der Waals surface area contributed by atoms with E-state index in [1.54, 1.807) is 23.7 Å². The second kappa shape index (κ2) is 8.23. The van der Waals surface area contributed by atoms with Crippen molar-refractivity contribution < 1.29 is 22.4 Å². The van der Waals surface area contributed by atoms with E-state index in [-0.39, 0.29) is 18.0 Å². The average molecular weight is 470 g/mol. The van der Waals surface area contributed by atoms with E-state index in [2.05, 4.69) is 15.5 Å². The zero-order valence-electron chi connectivity index (χ0n) is 17.2. The van der Waals surface area contributed by atoms with Crippen molar-refractivity contribution in [2.75, 3.05) is 5.32 Å². The SMILES string of the molecule is CCC(C(=O)Nc1cnn(-c2cccc(F)c2)c1C1CC1)n1nc(C(F)(F)F)c(Cl)c1C. The van der Waals surface area contributed by atoms with Crippen LogP contribution >= 0.6 is 11.6 Å². The highest BCUT2D eigenvalue weighted by Crippen LogP contribution is 2.44. The molecule has 0 saturated heterocycles. The lowest BCUT2D eigenvalue weighted by molar-refractivity contribution is -0.141. The Balaban J connectivity index is 1.66. The first-order valence-corrected chi connectivity index (χ1v) is 10.5. The number of hydrogen-bond acceptors (Lipinski definition) is 3. The van der Waals surface area contributed by atoms with Gasteiger partial charge in [-0.2, -0.15) is 23.4 Å². The molecule has 32 heavy (non-hydrogen) atoms. The van der Waals surface area contributed by atoms with Crippen molar-refractivity contribution in [1.82, 2.24) is 19.6 Å². The Morgan fingerprint density at radius 3 is 2.62 bits per heavy atom. The Labute approximate surface area is 186 Å². The topological polar surface area (TPSA) is 64.7 Å². The lowest BCUT2D eigenvalue weighted by Crippen LogP contribution is -2.27. The smallest absolute Gasteiger partial charge is 0.321 e. The molecule has 170 valence electrons. The molecule has 0 radical (unpaired) electrons. The summed E-state index contributed by atoms with van der Waals surface area (Å²) in [7, 11) is 0. The van der Waals surface area contributed by atoms with Gasteiger partial charge in [0, 0.05) is 5.92 Å². The minimum atomic E-state index is -4.73. The standard InChI is InChI=1S/C21H20ClF4N5O/c1-3-16(30-11(2)17(22)19(29-30)21(24,25)26)20(32)28-15-10-27-31(18(15)12-7-8-12)14-6-4-5-13(23)9-14/h4-6,9-10,12,16H,3,7-8H2,1-2H3,(H,28,32). The number of amides is 1. The molecule has 4 rings (SSSR count). The predicted molar refractivity (Wildman–Crippen MR) is 110 cm³/mol. The van der Waals surface area contributed by atoms with E-state index in [4.69, 9.17) is 11.6 Å². The van der Waals surface area contributed by atoms with E-state index in [9.17, 15) is 22.4 Å². The number of aromatic nitrogens is 4. The summed E-state index contributed by atoms with van der Waals surface area (Å²) in [6.07, 6.45) is -1.28. The maximum atomic E-state index is 13.7. The molecule has 6 nitrogen and oxygen atoms in total. The van der Waals surface area contributed by atoms with Gasteiger partial charge in [-0.05, 0) is 44.4 Å². The van der Waals surface area contributed by atoms with Crippen LogP contribution in [0, 0.1) is 12.7 Å². The van der Waals surface area contributed by atoms with Gasteiger partial charge in [0.15, 0.2) is 5.69 Å². The van der Waals surface area contributed by atoms with Gasteiger partial charge in [-0.25, -0.2) is 9.07 Å². The third kappa shape index (κ3) is 4.11. The molecule has 1 aromatic carbocycles. The first kappa shape index (κ1) is 22.3. The number of alkyl halides is 3. The summed E-state index contributed by atoms with van der Waals surface area (Å²) in [6, 6.07) is 4.93. The number of benzene rings is 1. The van der Waals surface area contributed by atoms with Gasteiger partial charge >= 0.3 is 6.18 Å². The molecule has 2 heterocycles. The highest BCUT2D eigenvalue weighted by Gasteiger charge is 2.40. The fourth-order valence-corrected chi connectivity index (χ4v) is 3.92. The number of rotatable bonds is 6. The van der Waals surface area contributed by atoms with E-state index in [0.717, 1.165) is 23.2 Å². The minimum absolute atomic E-state index is 0.0545. The van der Waals surface area contributed by atoms with Gasteiger partial charge in [0.2, 0.25) is 5.91 Å². The van der Waals surface area contributed by atoms with E-state index >= 15 is 0 Å². The molecule has 1 aliphatic rings. The summed E-state index contributed by atoms with van der Waals surface area (Å²) in [6.45, 7) is 3.06. The Bertz CT molecular complexity index is 1170. The lowest BCUT2D eigenvalue weighted by Gasteiger charge is -2.18. The first-order chi connectivity index (χ1) is 15.1. The van der Waals surface area contributed by atoms with Gasteiger partial charge in [-0.15, -0.1) is 0 Å². The predicted octanol–water partition coefficient (Wildman–Crippen LogP) is 5.66. The van der Waals surface area contributed by atoms with Crippen molar-refractivity contribution >= 4 is 23.2 Å². The van der Waals surface area contributed by atoms with Gasteiger partial charge in [-0.1, -0.05) is 24.6 Å². The first-order valence-electron chi connectivity index (χ1n) is 10.1. The van der Waals surface area contributed by atoms with Crippen LogP contribution in [0.3, 0.4) is 0 Å². The summed E-state index contributed by atoms with van der Waals surface area (Å²) in [5, 5.41) is 10.1. The van der Waals surface area contributed by atoms with E-state index < -0.39 is 34.7 Å². The van der Waals surface area contributed by atoms with Crippen molar-refractivity contribution in [3.05, 3.63) is 58.4 Å². The van der Waals surface area contributed by atoms with E-state index in [0.29, 0.717) is 11.4 Å². The van der Waals surface area contributed by atoms with Crippen LogP contribution in [0.15, 0.2) is 30.5 Å². The Morgan fingerprint density at radius 2 is 2.06 bits per heavy atom. The second-order valence-corrected chi connectivity index (χ2v) is 8.09. The van der Waals surface area contributed by atoms with Crippen LogP contribution in [-0.4, -0.2) is 25.5 Å². The molecule has 0 bridgehead atoms. The van der Waals surface area contributed by atoms with Gasteiger partial charge in [0.1, 0.15) is 11.9 Å². The van der Waals surface area contributed by atoms with Crippen LogP contribution in [0.5, 0.6) is 0 Å². The van der Waals surface area contributed by atoms with E-state index in [1.807, 2.05) is 0 Å². The normalized spacial score (nSPS) is 15.1. The van der Waals surface area contributed by atoms with E-state index in [1.165, 1.54) is 25.3 Å². The van der Waals surface area contributed by atoms with Crippen LogP contribution in [0.2, 0.25) is 5.02 Å². The zero-order chi connectivity index (χ0) is 23.2. The number of carbonyl (C=O) groups is 1. The Hall–Kier alpha value is -2.88. The minimum Gasteiger partial charge on any atom is -0.321 e. The molecule has 2 aromatic heterocycles. The molecule has 0 spiro atoms. The van der Waals surface area contributed by atoms with Crippen LogP contribution in [0.1, 0.15) is 55.2 Å². The average Bonchev–Trinajstić information content (AvgIpc) is 3.41. The molecule has 1 unspecified atom stereocenters. The molecular weight excluding hydrogens is 450 g/mol. The Morgan fingerprint density at radius 1 is 1.34 bits per heavy atom. The highest BCUT2D eigenvalue weighted by atomic mass is 35.5. The van der Waals surface area contributed by atoms with Crippen molar-refractivity contribution in [2.24, 2.45) is 0 Å². The van der Waals surface area contributed by atoms with Crippen LogP contribution in [-0.2, 0) is 11.0 Å². The zero-order valence-corrected chi connectivity index (χ0v) is 18.0. The summed E-state index contributed by atoms with van der Waals surface area (Å²) < 4.78 is 55.9. The van der Waals surface area contributed by atoms with Crippen LogP contribution in [0.4, 0.5) is 23.2 Å². The molecule has 1 N–H and O–H groups in total. The number of halogens is 5. The summed E-state index contributed by atoms with van der Waals surface area (Å²) in [5.74, 6) is -0.805. The number of carbonyl (C=O) groups excluding carboxylic acids is 1. The van der Waals surface area contributed by atoms with Crippen LogP contribution < -0.4 is 5.32 Å². The number of hydrogen-bond donors (Lipinski definition) is 1. The molecule has 1 amide bonds. The molecule has 1 atom stereocenters. The maximum absolute atomic E-state index is 13.7. The van der Waals surface area contributed by atoms with Gasteiger partial charge in [0.25, 0.3) is 0 Å². The van der Waals surface area contributed by atoms with Crippen molar-refractivity contribution in [2.45, 2.75) is 51.2 Å². The quantitative estimate of drug-likeness (QED) is 0.474. The molecule has 11 heteroatoms. The molecule has 0 aliphatic heterocycles. The van der Waals surface area contributed by atoms with Crippen LogP contribution in [0.25, 0.3) is 5.69 Å². The Kier molecular flexibility index (Phi) is 5.74. The third-order valence-electron chi connectivity index (χ3n) is 5.41. The van der Waals surface area contributed by atoms with Crippen molar-refractivity contribution in [1.29, 1.82) is 0 Å². The number of anilines is 1. The third-order valence-corrected chi connectivity index (χ3v) is 5.86. The maximum Gasteiger partial charge on any atom is 0.436 e. The monoisotopic (exact) mass is 469 g/mol. The molecule has 3 aromatic rings. The summed E-state index contributed by atoms with van der Waals surface area (Å²) in [5.41, 5.74) is 0.514. The van der Waals surface area contributed by atoms with Crippen molar-refractivity contribution in [3.8, 4) is 5.69 Å². The summed E-state index contributed by atoms with van der Waals surface area (Å²) in [4.78, 5) is 13.1. The molecule has 1 fully saturated rings. The fraction of sp³-hybridized carbons (Fsp3) is 0.381. The summed E-state index contributed by atoms with van der Waals surface area (Å²) >= 11 is 5.84. The lowest BCUT2D eigenvalue weighted by atomic mass is 10.2. The molecule has 1 saturated carbocycles. The highest BCUT2D eigenvalue weighted by molar-refractivity contribution is 6.32. The van der Waals surface area contributed by atoms with Gasteiger partial charge in [-0.3, -0.25) is 9.48 Å². The van der Waals surface area contributed by atoms with Gasteiger partial charge in [0.05, 0.1) is 34.0 Å². The fourth-order valence-electron chi connectivity index (χ4n) is 3.69. The molecular formula is C21H20ClF4N5O. The van der Waals surface area contributed by atoms with Crippen molar-refractivity contribution in [3.63, 3.8) is 0 Å². The number of nitrogens with zero attached hydrogens (tertiary/aromatic N) is 4. The second-order valence-electron chi connectivity index (χ2n) is 7.71. The molecule has 1 aliphatic carbocycles. The van der Waals surface area contributed by atoms with Gasteiger partial charge < -0.3 is 5.32 Å². The largest absolute Gasteiger partial charge is 0.436 e.